The first kappa shape index (κ1) is 23.5. The van der Waals surface area contributed by atoms with Crippen molar-refractivity contribution in [1.29, 1.82) is 0 Å². The molecule has 0 spiro atoms. The molecule has 0 bridgehead atoms. The summed E-state index contributed by atoms with van der Waals surface area (Å²) in [6.45, 7) is 0. The number of hydrogen-bond donors (Lipinski definition) is 0. The number of allylic oxidation sites excluding steroid dienone is 1. The summed E-state index contributed by atoms with van der Waals surface area (Å²) < 4.78 is 6.46. The van der Waals surface area contributed by atoms with Crippen LogP contribution in [0.3, 0.4) is 0 Å². The maximum atomic E-state index is 6.46. The lowest BCUT2D eigenvalue weighted by Crippen LogP contribution is -2.01. The minimum Gasteiger partial charge on any atom is -0.456 e. The summed E-state index contributed by atoms with van der Waals surface area (Å²) in [5.74, 6) is 1.90. The molecule has 7 aromatic rings. The highest BCUT2D eigenvalue weighted by Crippen LogP contribution is 2.41. The van der Waals surface area contributed by atoms with Gasteiger partial charge < -0.3 is 4.42 Å². The Morgan fingerprint density at radius 3 is 1.98 bits per heavy atom. The fraction of sp³-hybridized carbons (Fsp3) is 0.0541. The van der Waals surface area contributed by atoms with E-state index in [1.54, 1.807) is 0 Å². The van der Waals surface area contributed by atoms with Crippen molar-refractivity contribution in [3.63, 3.8) is 0 Å². The second kappa shape index (κ2) is 9.68. The molecule has 5 aromatic carbocycles. The molecular weight excluding hydrogens is 502 g/mol. The molecule has 2 heterocycles. The van der Waals surface area contributed by atoms with Crippen molar-refractivity contribution >= 4 is 28.0 Å². The molecule has 0 atom stereocenters. The second-order valence-corrected chi connectivity index (χ2v) is 10.4. The van der Waals surface area contributed by atoms with Crippen molar-refractivity contribution in [3.05, 3.63) is 132 Å². The summed E-state index contributed by atoms with van der Waals surface area (Å²) >= 11 is 0. The van der Waals surface area contributed by atoms with E-state index in [-0.39, 0.29) is 0 Å². The predicted molar refractivity (Wildman–Crippen MR) is 166 cm³/mol. The zero-order valence-electron chi connectivity index (χ0n) is 22.3. The molecule has 4 heteroatoms. The summed E-state index contributed by atoms with van der Waals surface area (Å²) in [6, 6.07) is 39.3. The summed E-state index contributed by atoms with van der Waals surface area (Å²) in [4.78, 5) is 15.1. The predicted octanol–water partition coefficient (Wildman–Crippen LogP) is 9.40. The van der Waals surface area contributed by atoms with Crippen LogP contribution in [0.25, 0.3) is 73.3 Å². The van der Waals surface area contributed by atoms with Crippen LogP contribution in [-0.4, -0.2) is 15.0 Å². The first-order chi connectivity index (χ1) is 20.3. The first-order valence-electron chi connectivity index (χ1n) is 13.9. The van der Waals surface area contributed by atoms with E-state index in [1.807, 2.05) is 78.9 Å². The van der Waals surface area contributed by atoms with Crippen LogP contribution in [0, 0.1) is 0 Å². The van der Waals surface area contributed by atoms with E-state index in [4.69, 9.17) is 19.4 Å². The lowest BCUT2D eigenvalue weighted by Gasteiger charge is -2.16. The molecule has 1 aliphatic carbocycles. The summed E-state index contributed by atoms with van der Waals surface area (Å²) in [5.41, 5.74) is 9.38. The van der Waals surface area contributed by atoms with Crippen LogP contribution < -0.4 is 0 Å². The van der Waals surface area contributed by atoms with Crippen LogP contribution in [0.5, 0.6) is 0 Å². The van der Waals surface area contributed by atoms with E-state index in [2.05, 4.69) is 48.6 Å². The molecule has 0 radical (unpaired) electrons. The Balaban J connectivity index is 1.45. The molecule has 4 nitrogen and oxygen atoms in total. The third kappa shape index (κ3) is 4.12. The molecule has 41 heavy (non-hydrogen) atoms. The summed E-state index contributed by atoms with van der Waals surface area (Å²) in [7, 11) is 0. The molecule has 0 amide bonds. The molecule has 0 fully saturated rings. The van der Waals surface area contributed by atoms with Crippen LogP contribution in [0.1, 0.15) is 17.5 Å². The van der Waals surface area contributed by atoms with Gasteiger partial charge in [0, 0.05) is 27.5 Å². The van der Waals surface area contributed by atoms with E-state index in [1.165, 1.54) is 16.7 Å². The third-order valence-electron chi connectivity index (χ3n) is 7.79. The number of aryl methyl sites for hydroxylation is 1. The summed E-state index contributed by atoms with van der Waals surface area (Å²) in [6.07, 6.45) is 6.63. The number of rotatable bonds is 4. The van der Waals surface area contributed by atoms with Gasteiger partial charge in [0.05, 0.1) is 0 Å². The standard InChI is InChI=1S/C37H25N3O/c1-3-13-25(14-4-1)35-38-36(26-15-5-2-6-16-26)40-37(39-35)31-22-27(29-20-11-17-24-12-7-8-18-28(24)29)23-33-34(31)30-19-9-10-21-32(30)41-33/h1-6,8-11,13-23H,7,12H2. The Morgan fingerprint density at radius 1 is 0.537 bits per heavy atom. The fourth-order valence-corrected chi connectivity index (χ4v) is 5.83. The van der Waals surface area contributed by atoms with E-state index in [0.29, 0.717) is 17.5 Å². The Kier molecular flexibility index (Phi) is 5.56. The van der Waals surface area contributed by atoms with Crippen LogP contribution in [0.4, 0.5) is 0 Å². The van der Waals surface area contributed by atoms with Crippen LogP contribution in [-0.2, 0) is 6.42 Å². The maximum Gasteiger partial charge on any atom is 0.164 e. The topological polar surface area (TPSA) is 51.8 Å². The molecular formula is C37H25N3O. The Morgan fingerprint density at radius 2 is 1.22 bits per heavy atom. The molecule has 0 saturated heterocycles. The fourth-order valence-electron chi connectivity index (χ4n) is 5.83. The largest absolute Gasteiger partial charge is 0.456 e. The number of aromatic nitrogens is 3. The van der Waals surface area contributed by atoms with Gasteiger partial charge in [-0.15, -0.1) is 0 Å². The van der Waals surface area contributed by atoms with Crippen molar-refractivity contribution in [1.82, 2.24) is 15.0 Å². The highest BCUT2D eigenvalue weighted by molar-refractivity contribution is 6.13. The lowest BCUT2D eigenvalue weighted by atomic mass is 9.89. The van der Waals surface area contributed by atoms with Gasteiger partial charge in [0.25, 0.3) is 0 Å². The zero-order valence-corrected chi connectivity index (χ0v) is 22.3. The Labute approximate surface area is 237 Å². The van der Waals surface area contributed by atoms with Gasteiger partial charge in [-0.05, 0) is 53.3 Å². The van der Waals surface area contributed by atoms with Crippen LogP contribution in [0.15, 0.2) is 126 Å². The average Bonchev–Trinajstić information content (AvgIpc) is 3.43. The van der Waals surface area contributed by atoms with Gasteiger partial charge in [-0.1, -0.05) is 109 Å². The van der Waals surface area contributed by atoms with E-state index >= 15 is 0 Å². The van der Waals surface area contributed by atoms with E-state index < -0.39 is 0 Å². The molecule has 8 rings (SSSR count). The zero-order chi connectivity index (χ0) is 27.2. The number of para-hydroxylation sites is 1. The van der Waals surface area contributed by atoms with Gasteiger partial charge in [0.1, 0.15) is 11.2 Å². The monoisotopic (exact) mass is 527 g/mol. The third-order valence-corrected chi connectivity index (χ3v) is 7.79. The molecule has 0 saturated carbocycles. The van der Waals surface area contributed by atoms with Gasteiger partial charge in [0.15, 0.2) is 17.5 Å². The maximum absolute atomic E-state index is 6.46. The molecule has 2 aromatic heterocycles. The van der Waals surface area contributed by atoms with E-state index in [9.17, 15) is 0 Å². The molecule has 0 unspecified atom stereocenters. The Hall–Kier alpha value is -5.35. The van der Waals surface area contributed by atoms with Crippen molar-refractivity contribution < 1.29 is 4.42 Å². The number of furan rings is 1. The average molecular weight is 528 g/mol. The second-order valence-electron chi connectivity index (χ2n) is 10.4. The van der Waals surface area contributed by atoms with Gasteiger partial charge in [-0.25, -0.2) is 15.0 Å². The highest BCUT2D eigenvalue weighted by Gasteiger charge is 2.21. The van der Waals surface area contributed by atoms with Crippen molar-refractivity contribution in [2.45, 2.75) is 12.8 Å². The van der Waals surface area contributed by atoms with Crippen LogP contribution in [0.2, 0.25) is 0 Å². The highest BCUT2D eigenvalue weighted by atomic mass is 16.3. The van der Waals surface area contributed by atoms with Crippen molar-refractivity contribution in [3.8, 4) is 45.3 Å². The number of hydrogen-bond acceptors (Lipinski definition) is 4. The number of benzene rings is 5. The quantitative estimate of drug-likeness (QED) is 0.229. The van der Waals surface area contributed by atoms with Crippen molar-refractivity contribution in [2.75, 3.05) is 0 Å². The van der Waals surface area contributed by atoms with Gasteiger partial charge in [-0.3, -0.25) is 0 Å². The lowest BCUT2D eigenvalue weighted by molar-refractivity contribution is 0.669. The minimum atomic E-state index is 0.622. The number of nitrogens with zero attached hydrogens (tertiary/aromatic N) is 3. The summed E-state index contributed by atoms with van der Waals surface area (Å²) in [5, 5.41) is 2.05. The molecule has 1 aliphatic rings. The minimum absolute atomic E-state index is 0.622. The van der Waals surface area contributed by atoms with Gasteiger partial charge >= 0.3 is 0 Å². The number of fused-ring (bicyclic) bond motifs is 4. The Bertz CT molecular complexity index is 2040. The normalized spacial score (nSPS) is 12.6. The molecule has 0 N–H and O–H groups in total. The van der Waals surface area contributed by atoms with E-state index in [0.717, 1.165) is 57.0 Å². The molecule has 0 aliphatic heterocycles. The smallest absolute Gasteiger partial charge is 0.164 e. The van der Waals surface area contributed by atoms with Crippen molar-refractivity contribution in [2.24, 2.45) is 0 Å². The van der Waals surface area contributed by atoms with Gasteiger partial charge in [0.2, 0.25) is 0 Å². The SMILES string of the molecule is C1=Cc2c(cccc2-c2cc(-c3nc(-c4ccccc4)nc(-c4ccccc4)n3)c3c(c2)oc2ccccc23)CC1. The first-order valence-corrected chi connectivity index (χ1v) is 13.9. The van der Waals surface area contributed by atoms with Crippen LogP contribution >= 0.6 is 0 Å². The molecule has 194 valence electrons. The van der Waals surface area contributed by atoms with Gasteiger partial charge in [-0.2, -0.15) is 0 Å².